The molecule has 1 aliphatic carbocycles. The van der Waals surface area contributed by atoms with Crippen LogP contribution in [0.5, 0.6) is 0 Å². The van der Waals surface area contributed by atoms with Crippen molar-refractivity contribution in [2.75, 3.05) is 42.3 Å². The summed E-state index contributed by atoms with van der Waals surface area (Å²) >= 11 is -2.92. The SMILES string of the molecule is CCCC[C]1([Zr]([N](C)C)([N](C)C)[N](C)C)C=CC(C)=C1. The van der Waals surface area contributed by atoms with Crippen molar-refractivity contribution in [3.8, 4) is 0 Å². The van der Waals surface area contributed by atoms with E-state index in [4.69, 9.17) is 0 Å². The van der Waals surface area contributed by atoms with E-state index in [0.717, 1.165) is 0 Å². The van der Waals surface area contributed by atoms with E-state index in [0.29, 0.717) is 0 Å². The van der Waals surface area contributed by atoms with E-state index in [-0.39, 0.29) is 3.12 Å². The van der Waals surface area contributed by atoms with E-state index >= 15 is 0 Å². The Balaban J connectivity index is 3.44. The predicted molar refractivity (Wildman–Crippen MR) is 86.2 cm³/mol. The van der Waals surface area contributed by atoms with E-state index in [1.54, 1.807) is 0 Å². The normalized spacial score (nSPS) is 23.2. The molecule has 116 valence electrons. The van der Waals surface area contributed by atoms with Crippen LogP contribution in [0.2, 0.25) is 3.12 Å². The summed E-state index contributed by atoms with van der Waals surface area (Å²) in [7, 11) is 13.7. The number of unbranched alkanes of at least 4 members (excludes halogenated alkanes) is 1. The van der Waals surface area contributed by atoms with E-state index < -0.39 is 21.1 Å². The van der Waals surface area contributed by atoms with Gasteiger partial charge in [-0.05, 0) is 0 Å². The molecule has 1 atom stereocenters. The Bertz CT molecular complexity index is 363. The van der Waals surface area contributed by atoms with E-state index in [9.17, 15) is 0 Å². The van der Waals surface area contributed by atoms with Crippen molar-refractivity contribution in [2.24, 2.45) is 0 Å². The molecule has 0 saturated heterocycles. The first-order valence-electron chi connectivity index (χ1n) is 7.65. The van der Waals surface area contributed by atoms with Crippen LogP contribution < -0.4 is 0 Å². The van der Waals surface area contributed by atoms with Gasteiger partial charge >= 0.3 is 132 Å². The summed E-state index contributed by atoms with van der Waals surface area (Å²) < 4.78 is 7.92. The Morgan fingerprint density at radius 1 is 1.00 bits per heavy atom. The molecule has 0 bridgehead atoms. The summed E-state index contributed by atoms with van der Waals surface area (Å²) in [6.07, 6.45) is 11.2. The van der Waals surface area contributed by atoms with Gasteiger partial charge in [-0.25, -0.2) is 0 Å². The van der Waals surface area contributed by atoms with Crippen molar-refractivity contribution < 1.29 is 21.1 Å². The topological polar surface area (TPSA) is 9.72 Å². The fourth-order valence-corrected chi connectivity index (χ4v) is 19.3. The van der Waals surface area contributed by atoms with Crippen molar-refractivity contribution >= 4 is 0 Å². The summed E-state index contributed by atoms with van der Waals surface area (Å²) in [5, 5.41) is 0. The molecule has 0 spiro atoms. The maximum absolute atomic E-state index is 2.92. The molecule has 0 saturated carbocycles. The van der Waals surface area contributed by atoms with Gasteiger partial charge in [0.05, 0.1) is 0 Å². The average Bonchev–Trinajstić information content (AvgIpc) is 2.68. The molecule has 0 heterocycles. The minimum absolute atomic E-state index is 0.241. The average molecular weight is 359 g/mol. The third kappa shape index (κ3) is 2.90. The number of hydrogen-bond donors (Lipinski definition) is 0. The van der Waals surface area contributed by atoms with E-state index in [1.165, 1.54) is 24.8 Å². The van der Waals surface area contributed by atoms with Gasteiger partial charge in [-0.1, -0.05) is 0 Å². The van der Waals surface area contributed by atoms with Crippen LogP contribution in [0, 0.1) is 0 Å². The fourth-order valence-electron chi connectivity index (χ4n) is 4.23. The minimum atomic E-state index is -2.92. The Morgan fingerprint density at radius 2 is 1.50 bits per heavy atom. The van der Waals surface area contributed by atoms with Crippen LogP contribution in [0.25, 0.3) is 0 Å². The number of hydrogen-bond acceptors (Lipinski definition) is 3. The number of allylic oxidation sites excluding steroid dienone is 4. The molecule has 0 N–H and O–H groups in total. The zero-order valence-electron chi connectivity index (χ0n) is 14.7. The summed E-state index contributed by atoms with van der Waals surface area (Å²) in [4.78, 5) is 0. The second-order valence-corrected chi connectivity index (χ2v) is 18.7. The van der Waals surface area contributed by atoms with Gasteiger partial charge in [0.2, 0.25) is 0 Å². The predicted octanol–water partition coefficient (Wildman–Crippen LogP) is 3.44. The molecule has 0 aromatic carbocycles. The number of nitrogens with zero attached hydrogens (tertiary/aromatic N) is 3. The quantitative estimate of drug-likeness (QED) is 0.690. The van der Waals surface area contributed by atoms with Gasteiger partial charge in [-0.3, -0.25) is 0 Å². The first kappa shape index (κ1) is 18.3. The zero-order valence-corrected chi connectivity index (χ0v) is 17.2. The van der Waals surface area contributed by atoms with Crippen LogP contribution in [0.3, 0.4) is 0 Å². The third-order valence-corrected chi connectivity index (χ3v) is 18.2. The molecule has 3 nitrogen and oxygen atoms in total. The standard InChI is InChI=1S/C10H15.3C2H6N.Zr/c1-3-4-5-10-7-6-9(2)8-10;3*1-3-2;/h6-8H,3-5H2,1-2H3;3*1-2H3;/q;3*-1;+3. The van der Waals surface area contributed by atoms with Crippen LogP contribution in [-0.4, -0.2) is 50.8 Å². The van der Waals surface area contributed by atoms with Crippen molar-refractivity contribution in [1.29, 1.82) is 0 Å². The van der Waals surface area contributed by atoms with Crippen molar-refractivity contribution in [3.05, 3.63) is 23.8 Å². The third-order valence-electron chi connectivity index (χ3n) is 4.57. The van der Waals surface area contributed by atoms with Gasteiger partial charge in [0, 0.05) is 0 Å². The molecule has 4 heteroatoms. The molecule has 0 amide bonds. The molecule has 20 heavy (non-hydrogen) atoms. The second kappa shape index (κ2) is 7.00. The van der Waals surface area contributed by atoms with E-state index in [2.05, 4.69) is 82.9 Å². The number of rotatable bonds is 7. The molecular weight excluding hydrogens is 325 g/mol. The van der Waals surface area contributed by atoms with Crippen LogP contribution in [0.4, 0.5) is 0 Å². The monoisotopic (exact) mass is 357 g/mol. The summed E-state index contributed by atoms with van der Waals surface area (Å²) in [5.41, 5.74) is 1.42. The van der Waals surface area contributed by atoms with Crippen LogP contribution in [0.15, 0.2) is 23.8 Å². The Hall–Kier alpha value is 0.243. The van der Waals surface area contributed by atoms with Gasteiger partial charge in [-0.2, -0.15) is 0 Å². The first-order valence-corrected chi connectivity index (χ1v) is 12.2. The summed E-state index contributed by atoms with van der Waals surface area (Å²) in [5.74, 6) is 0. The van der Waals surface area contributed by atoms with Gasteiger partial charge in [0.25, 0.3) is 0 Å². The van der Waals surface area contributed by atoms with Crippen molar-refractivity contribution in [3.63, 3.8) is 0 Å². The molecule has 1 aliphatic rings. The molecule has 0 aromatic heterocycles. The molecule has 0 fully saturated rings. The van der Waals surface area contributed by atoms with Gasteiger partial charge in [-0.15, -0.1) is 0 Å². The molecule has 1 rings (SSSR count). The molecular formula is C16H33N3Zr. The van der Waals surface area contributed by atoms with Gasteiger partial charge < -0.3 is 0 Å². The summed E-state index contributed by atoms with van der Waals surface area (Å²) in [6, 6.07) is 0. The van der Waals surface area contributed by atoms with Crippen molar-refractivity contribution in [2.45, 2.75) is 36.2 Å². The fraction of sp³-hybridized carbons (Fsp3) is 0.750. The van der Waals surface area contributed by atoms with Gasteiger partial charge in [0.1, 0.15) is 0 Å². The van der Waals surface area contributed by atoms with E-state index in [1.807, 2.05) is 0 Å². The molecule has 1 unspecified atom stereocenters. The van der Waals surface area contributed by atoms with Crippen LogP contribution in [-0.2, 0) is 21.1 Å². The van der Waals surface area contributed by atoms with Gasteiger partial charge in [0.15, 0.2) is 0 Å². The van der Waals surface area contributed by atoms with Crippen LogP contribution in [0.1, 0.15) is 33.1 Å². The summed E-state index contributed by atoms with van der Waals surface area (Å²) in [6.45, 7) is 4.53. The molecule has 0 radical (unpaired) electrons. The molecule has 0 aliphatic heterocycles. The maximum atomic E-state index is 2.56. The Morgan fingerprint density at radius 3 is 1.80 bits per heavy atom. The van der Waals surface area contributed by atoms with Crippen LogP contribution >= 0.6 is 0 Å². The first-order chi connectivity index (χ1) is 9.24. The zero-order chi connectivity index (χ0) is 15.6. The van der Waals surface area contributed by atoms with Crippen molar-refractivity contribution in [1.82, 2.24) is 8.53 Å². The Kier molecular flexibility index (Phi) is 6.40. The second-order valence-electron chi connectivity index (χ2n) is 6.68. The molecule has 0 aromatic rings. The Labute approximate surface area is 131 Å².